The molecule has 6 heteroatoms. The van der Waals surface area contributed by atoms with Crippen LogP contribution < -0.4 is 9.47 Å². The number of hydrogen-bond donors (Lipinski definition) is 0. The van der Waals surface area contributed by atoms with Crippen LogP contribution in [0.1, 0.15) is 12.0 Å². The Morgan fingerprint density at radius 1 is 1.26 bits per heavy atom. The molecule has 6 nitrogen and oxygen atoms in total. The lowest BCUT2D eigenvalue weighted by atomic mass is 10.1. The van der Waals surface area contributed by atoms with Gasteiger partial charge in [-0.15, -0.1) is 0 Å². The average Bonchev–Trinajstić information content (AvgIpc) is 3.04. The maximum atomic E-state index is 12.3. The molecular formula is C17H19N3O3. The first kappa shape index (κ1) is 15.3. The van der Waals surface area contributed by atoms with Gasteiger partial charge in [-0.3, -0.25) is 9.78 Å². The monoisotopic (exact) mass is 313 g/mol. The molecule has 1 amide bonds. The molecular weight excluding hydrogens is 294 g/mol. The number of amides is 1. The minimum Gasteiger partial charge on any atom is -0.480 e. The number of methoxy groups -OCH3 is 1. The van der Waals surface area contributed by atoms with E-state index in [0.29, 0.717) is 31.3 Å². The molecule has 1 aromatic heterocycles. The van der Waals surface area contributed by atoms with Crippen LogP contribution in [0.2, 0.25) is 0 Å². The molecule has 1 unspecified atom stereocenters. The van der Waals surface area contributed by atoms with Gasteiger partial charge in [0.2, 0.25) is 17.7 Å². The SMILES string of the molecule is COc1cncc(OC2CCN(C(=O)Cc3ccccc3)C2)n1. The highest BCUT2D eigenvalue weighted by Crippen LogP contribution is 2.18. The topological polar surface area (TPSA) is 64.6 Å². The summed E-state index contributed by atoms with van der Waals surface area (Å²) in [7, 11) is 1.54. The normalized spacial score (nSPS) is 17.1. The van der Waals surface area contributed by atoms with Crippen molar-refractivity contribution in [1.82, 2.24) is 14.9 Å². The van der Waals surface area contributed by atoms with Gasteiger partial charge in [-0.2, -0.15) is 4.98 Å². The highest BCUT2D eigenvalue weighted by molar-refractivity contribution is 5.79. The second kappa shape index (κ2) is 7.09. The molecule has 0 bridgehead atoms. The van der Waals surface area contributed by atoms with E-state index in [4.69, 9.17) is 9.47 Å². The van der Waals surface area contributed by atoms with Crippen LogP contribution in [0.5, 0.6) is 11.8 Å². The Labute approximate surface area is 135 Å². The maximum Gasteiger partial charge on any atom is 0.235 e. The summed E-state index contributed by atoms with van der Waals surface area (Å²) in [4.78, 5) is 22.4. The minimum atomic E-state index is -0.0591. The van der Waals surface area contributed by atoms with Crippen molar-refractivity contribution in [3.63, 3.8) is 0 Å². The van der Waals surface area contributed by atoms with Crippen LogP contribution in [0.3, 0.4) is 0 Å². The van der Waals surface area contributed by atoms with Crippen LogP contribution in [0.4, 0.5) is 0 Å². The van der Waals surface area contributed by atoms with E-state index in [0.717, 1.165) is 12.0 Å². The zero-order chi connectivity index (χ0) is 16.1. The molecule has 1 fully saturated rings. The summed E-state index contributed by atoms with van der Waals surface area (Å²) in [5, 5.41) is 0. The number of benzene rings is 1. The molecule has 120 valence electrons. The molecule has 2 aromatic rings. The van der Waals surface area contributed by atoms with E-state index in [1.165, 1.54) is 13.3 Å². The van der Waals surface area contributed by atoms with Gasteiger partial charge in [0.25, 0.3) is 0 Å². The van der Waals surface area contributed by atoms with Crippen molar-refractivity contribution in [1.29, 1.82) is 0 Å². The molecule has 0 spiro atoms. The summed E-state index contributed by atoms with van der Waals surface area (Å²) < 4.78 is 10.8. The number of rotatable bonds is 5. The molecule has 1 saturated heterocycles. The van der Waals surface area contributed by atoms with Gasteiger partial charge in [-0.25, -0.2) is 0 Å². The van der Waals surface area contributed by atoms with Gasteiger partial charge < -0.3 is 14.4 Å². The first-order valence-electron chi connectivity index (χ1n) is 7.59. The zero-order valence-corrected chi connectivity index (χ0v) is 13.0. The van der Waals surface area contributed by atoms with Crippen molar-refractivity contribution in [2.75, 3.05) is 20.2 Å². The lowest BCUT2D eigenvalue weighted by molar-refractivity contribution is -0.129. The smallest absolute Gasteiger partial charge is 0.235 e. The lowest BCUT2D eigenvalue weighted by Crippen LogP contribution is -2.32. The van der Waals surface area contributed by atoms with Gasteiger partial charge in [0, 0.05) is 13.0 Å². The van der Waals surface area contributed by atoms with Crippen LogP contribution >= 0.6 is 0 Å². The van der Waals surface area contributed by atoms with Crippen LogP contribution in [0.25, 0.3) is 0 Å². The van der Waals surface area contributed by atoms with Crippen molar-refractivity contribution in [3.05, 3.63) is 48.3 Å². The predicted octanol–water partition coefficient (Wildman–Crippen LogP) is 1.71. The van der Waals surface area contributed by atoms with Crippen molar-refractivity contribution >= 4 is 5.91 Å². The van der Waals surface area contributed by atoms with E-state index in [9.17, 15) is 4.79 Å². The number of carbonyl (C=O) groups excluding carboxylic acids is 1. The van der Waals surface area contributed by atoms with Gasteiger partial charge >= 0.3 is 0 Å². The first-order chi connectivity index (χ1) is 11.2. The highest BCUT2D eigenvalue weighted by atomic mass is 16.5. The third kappa shape index (κ3) is 3.97. The van der Waals surface area contributed by atoms with Gasteiger partial charge in [0.15, 0.2) is 0 Å². The zero-order valence-electron chi connectivity index (χ0n) is 13.0. The summed E-state index contributed by atoms with van der Waals surface area (Å²) in [6.45, 7) is 1.28. The largest absolute Gasteiger partial charge is 0.480 e. The van der Waals surface area contributed by atoms with Gasteiger partial charge in [0.05, 0.1) is 32.5 Å². The minimum absolute atomic E-state index is 0.0591. The van der Waals surface area contributed by atoms with E-state index >= 15 is 0 Å². The number of hydrogen-bond acceptors (Lipinski definition) is 5. The van der Waals surface area contributed by atoms with Crippen LogP contribution in [-0.4, -0.2) is 47.1 Å². The molecule has 1 atom stereocenters. The Kier molecular flexibility index (Phi) is 4.71. The number of nitrogens with zero attached hydrogens (tertiary/aromatic N) is 3. The number of carbonyl (C=O) groups is 1. The Bertz CT molecular complexity index is 663. The summed E-state index contributed by atoms with van der Waals surface area (Å²) in [5.41, 5.74) is 1.03. The summed E-state index contributed by atoms with van der Waals surface area (Å²) in [6, 6.07) is 9.77. The molecule has 0 saturated carbocycles. The molecule has 1 aliphatic heterocycles. The van der Waals surface area contributed by atoms with Crippen LogP contribution in [0, 0.1) is 0 Å². The van der Waals surface area contributed by atoms with Crippen molar-refractivity contribution in [2.24, 2.45) is 0 Å². The maximum absolute atomic E-state index is 12.3. The molecule has 2 heterocycles. The summed E-state index contributed by atoms with van der Waals surface area (Å²) in [5.74, 6) is 0.961. The van der Waals surface area contributed by atoms with E-state index in [-0.39, 0.29) is 12.0 Å². The fourth-order valence-electron chi connectivity index (χ4n) is 2.59. The number of aromatic nitrogens is 2. The van der Waals surface area contributed by atoms with Crippen molar-refractivity contribution in [3.8, 4) is 11.8 Å². The quantitative estimate of drug-likeness (QED) is 0.841. The first-order valence-corrected chi connectivity index (χ1v) is 7.59. The fraction of sp³-hybridized carbons (Fsp3) is 0.353. The standard InChI is InChI=1S/C17H19N3O3/c1-22-15-10-18-11-16(19-15)23-14-7-8-20(12-14)17(21)9-13-5-3-2-4-6-13/h2-6,10-11,14H,7-9,12H2,1H3. The molecule has 3 rings (SSSR count). The predicted molar refractivity (Wildman–Crippen MR) is 84.3 cm³/mol. The van der Waals surface area contributed by atoms with Crippen molar-refractivity contribution < 1.29 is 14.3 Å². The van der Waals surface area contributed by atoms with Gasteiger partial charge in [-0.05, 0) is 5.56 Å². The van der Waals surface area contributed by atoms with Crippen LogP contribution in [0.15, 0.2) is 42.7 Å². The third-order valence-electron chi connectivity index (χ3n) is 3.78. The van der Waals surface area contributed by atoms with Gasteiger partial charge in [-0.1, -0.05) is 30.3 Å². The molecule has 1 aromatic carbocycles. The Morgan fingerprint density at radius 3 is 2.83 bits per heavy atom. The number of likely N-dealkylation sites (tertiary alicyclic amines) is 1. The molecule has 0 N–H and O–H groups in total. The summed E-state index contributed by atoms with van der Waals surface area (Å²) in [6.07, 6.45) is 4.23. The van der Waals surface area contributed by atoms with Crippen LogP contribution in [-0.2, 0) is 11.2 Å². The molecule has 0 aliphatic carbocycles. The van der Waals surface area contributed by atoms with Gasteiger partial charge in [0.1, 0.15) is 6.10 Å². The lowest BCUT2D eigenvalue weighted by Gasteiger charge is -2.17. The highest BCUT2D eigenvalue weighted by Gasteiger charge is 2.27. The third-order valence-corrected chi connectivity index (χ3v) is 3.78. The molecule has 1 aliphatic rings. The van der Waals surface area contributed by atoms with E-state index in [1.54, 1.807) is 6.20 Å². The fourth-order valence-corrected chi connectivity index (χ4v) is 2.59. The number of ether oxygens (including phenoxy) is 2. The Balaban J connectivity index is 1.54. The average molecular weight is 313 g/mol. The van der Waals surface area contributed by atoms with E-state index in [1.807, 2.05) is 35.2 Å². The second-order valence-corrected chi connectivity index (χ2v) is 5.43. The molecule has 0 radical (unpaired) electrons. The Morgan fingerprint density at radius 2 is 2.04 bits per heavy atom. The second-order valence-electron chi connectivity index (χ2n) is 5.43. The van der Waals surface area contributed by atoms with E-state index in [2.05, 4.69) is 9.97 Å². The van der Waals surface area contributed by atoms with E-state index < -0.39 is 0 Å². The Hall–Kier alpha value is -2.63. The summed E-state index contributed by atoms with van der Waals surface area (Å²) >= 11 is 0. The molecule has 23 heavy (non-hydrogen) atoms. The van der Waals surface area contributed by atoms with Crippen molar-refractivity contribution in [2.45, 2.75) is 18.9 Å².